The lowest BCUT2D eigenvalue weighted by Crippen LogP contribution is -2.51. The second kappa shape index (κ2) is 11.9. The van der Waals surface area contributed by atoms with Crippen molar-refractivity contribution in [1.29, 1.82) is 0 Å². The summed E-state index contributed by atoms with van der Waals surface area (Å²) in [4.78, 5) is 21.8. The van der Waals surface area contributed by atoms with E-state index in [2.05, 4.69) is 44.7 Å². The summed E-state index contributed by atoms with van der Waals surface area (Å²) >= 11 is 0. The Hall–Kier alpha value is -2.32. The van der Waals surface area contributed by atoms with Crippen LogP contribution in [0.4, 0.5) is 11.8 Å². The van der Waals surface area contributed by atoms with Crippen molar-refractivity contribution < 1.29 is 9.84 Å². The third-order valence-corrected chi connectivity index (χ3v) is 4.89. The normalized spacial score (nSPS) is 16.2. The molecule has 0 amide bonds. The van der Waals surface area contributed by atoms with Crippen molar-refractivity contribution in [3.8, 4) is 0 Å². The van der Waals surface area contributed by atoms with E-state index in [0.717, 1.165) is 61.0 Å². The number of aliphatic hydroxyl groups excluding tert-OH is 1. The van der Waals surface area contributed by atoms with E-state index in [1.807, 2.05) is 45.6 Å². The SMILES string of the molecule is CC.Cc1cc(C(C)C)nc(N2CCOCC2)n1.Cc1cc(N2CC(O)C2)nc(C)n1. The average molecular weight is 431 g/mol. The van der Waals surface area contributed by atoms with Gasteiger partial charge in [-0.05, 0) is 32.8 Å². The first-order chi connectivity index (χ1) is 14.8. The molecule has 0 radical (unpaired) electrons. The fraction of sp³-hybridized carbons (Fsp3) is 0.652. The van der Waals surface area contributed by atoms with E-state index in [0.29, 0.717) is 19.0 Å². The molecule has 2 aliphatic heterocycles. The highest BCUT2D eigenvalue weighted by molar-refractivity contribution is 5.43. The van der Waals surface area contributed by atoms with Crippen LogP contribution in [0.25, 0.3) is 0 Å². The number of aryl methyl sites for hydroxylation is 3. The predicted octanol–water partition coefficient (Wildman–Crippen LogP) is 3.05. The van der Waals surface area contributed by atoms with E-state index in [-0.39, 0.29) is 6.10 Å². The number of aliphatic hydroxyl groups is 1. The molecule has 0 unspecified atom stereocenters. The Morgan fingerprint density at radius 3 is 2.06 bits per heavy atom. The van der Waals surface area contributed by atoms with Crippen molar-refractivity contribution in [3.63, 3.8) is 0 Å². The van der Waals surface area contributed by atoms with Crippen LogP contribution in [0.5, 0.6) is 0 Å². The number of hydrogen-bond acceptors (Lipinski definition) is 8. The highest BCUT2D eigenvalue weighted by atomic mass is 16.5. The van der Waals surface area contributed by atoms with E-state index in [9.17, 15) is 0 Å². The summed E-state index contributed by atoms with van der Waals surface area (Å²) in [7, 11) is 0. The zero-order chi connectivity index (χ0) is 23.0. The number of aromatic nitrogens is 4. The molecule has 1 N–H and O–H groups in total. The fourth-order valence-corrected chi connectivity index (χ4v) is 3.28. The van der Waals surface area contributed by atoms with Crippen LogP contribution < -0.4 is 9.80 Å². The molecular formula is C23H38N6O2. The van der Waals surface area contributed by atoms with Crippen LogP contribution in [0.3, 0.4) is 0 Å². The summed E-state index contributed by atoms with van der Waals surface area (Å²) < 4.78 is 5.33. The maximum absolute atomic E-state index is 9.13. The van der Waals surface area contributed by atoms with E-state index >= 15 is 0 Å². The molecule has 4 heterocycles. The van der Waals surface area contributed by atoms with E-state index in [4.69, 9.17) is 9.84 Å². The molecule has 8 nitrogen and oxygen atoms in total. The Morgan fingerprint density at radius 1 is 0.903 bits per heavy atom. The summed E-state index contributed by atoms with van der Waals surface area (Å²) in [6, 6.07) is 4.01. The molecule has 0 aliphatic carbocycles. The third kappa shape index (κ3) is 7.40. The first-order valence-corrected chi connectivity index (χ1v) is 11.3. The van der Waals surface area contributed by atoms with Gasteiger partial charge in [0.15, 0.2) is 0 Å². The van der Waals surface area contributed by atoms with E-state index < -0.39 is 0 Å². The van der Waals surface area contributed by atoms with Gasteiger partial charge >= 0.3 is 0 Å². The highest BCUT2D eigenvalue weighted by Gasteiger charge is 2.25. The van der Waals surface area contributed by atoms with Gasteiger partial charge in [-0.25, -0.2) is 19.9 Å². The molecule has 0 bridgehead atoms. The van der Waals surface area contributed by atoms with Crippen LogP contribution in [0.15, 0.2) is 12.1 Å². The van der Waals surface area contributed by atoms with Crippen LogP contribution in [0.1, 0.15) is 56.5 Å². The quantitative estimate of drug-likeness (QED) is 0.795. The van der Waals surface area contributed by atoms with Gasteiger partial charge < -0.3 is 19.6 Å². The van der Waals surface area contributed by atoms with Gasteiger partial charge in [0.25, 0.3) is 0 Å². The standard InChI is InChI=1S/C12H19N3O.C9H13N3O.C2H6/c1-9(2)11-8-10(3)13-12(14-11)15-4-6-16-7-5-15;1-6-3-9(11-7(2)10-6)12-4-8(13)5-12;1-2/h8-9H,4-7H2,1-3H3;3,8,13H,4-5H2,1-2H3;1-2H3. The molecule has 8 heteroatoms. The lowest BCUT2D eigenvalue weighted by Gasteiger charge is -2.36. The zero-order valence-electron chi connectivity index (χ0n) is 20.1. The monoisotopic (exact) mass is 430 g/mol. The lowest BCUT2D eigenvalue weighted by molar-refractivity contribution is 0.122. The highest BCUT2D eigenvalue weighted by Crippen LogP contribution is 2.19. The summed E-state index contributed by atoms with van der Waals surface area (Å²) in [6.07, 6.45) is -0.185. The molecule has 2 saturated heterocycles. The third-order valence-electron chi connectivity index (χ3n) is 4.89. The van der Waals surface area contributed by atoms with Crippen molar-refractivity contribution >= 4 is 11.8 Å². The summed E-state index contributed by atoms with van der Waals surface area (Å²) in [5.74, 6) is 3.01. The van der Waals surface area contributed by atoms with E-state index in [1.165, 1.54) is 0 Å². The Balaban J connectivity index is 0.000000208. The van der Waals surface area contributed by atoms with Crippen LogP contribution in [0.2, 0.25) is 0 Å². The molecule has 2 aliphatic rings. The van der Waals surface area contributed by atoms with Crippen molar-refractivity contribution in [2.24, 2.45) is 0 Å². The van der Waals surface area contributed by atoms with Gasteiger partial charge in [0, 0.05) is 49.3 Å². The lowest BCUT2D eigenvalue weighted by atomic mass is 10.1. The van der Waals surface area contributed by atoms with Crippen molar-refractivity contribution in [1.82, 2.24) is 19.9 Å². The van der Waals surface area contributed by atoms with Gasteiger partial charge in [-0.2, -0.15) is 0 Å². The zero-order valence-corrected chi connectivity index (χ0v) is 20.1. The number of ether oxygens (including phenoxy) is 1. The van der Waals surface area contributed by atoms with Crippen LogP contribution in [0, 0.1) is 20.8 Å². The van der Waals surface area contributed by atoms with Gasteiger partial charge in [0.2, 0.25) is 5.95 Å². The minimum absolute atomic E-state index is 0.185. The van der Waals surface area contributed by atoms with Crippen molar-refractivity contribution in [3.05, 3.63) is 35.0 Å². The minimum atomic E-state index is -0.185. The number of hydrogen-bond donors (Lipinski definition) is 1. The molecule has 31 heavy (non-hydrogen) atoms. The fourth-order valence-electron chi connectivity index (χ4n) is 3.28. The Labute approximate surface area is 186 Å². The topological polar surface area (TPSA) is 87.5 Å². The largest absolute Gasteiger partial charge is 0.389 e. The molecule has 2 aromatic heterocycles. The van der Waals surface area contributed by atoms with Crippen LogP contribution in [-0.2, 0) is 4.74 Å². The van der Waals surface area contributed by atoms with Crippen molar-refractivity contribution in [2.75, 3.05) is 49.2 Å². The number of anilines is 2. The molecular weight excluding hydrogens is 392 g/mol. The Morgan fingerprint density at radius 2 is 1.52 bits per heavy atom. The Bertz CT molecular complexity index is 797. The molecule has 0 aromatic carbocycles. The van der Waals surface area contributed by atoms with Crippen LogP contribution in [-0.4, -0.2) is 70.5 Å². The second-order valence-corrected chi connectivity index (χ2v) is 7.96. The molecule has 0 atom stereocenters. The first kappa shape index (κ1) is 24.9. The van der Waals surface area contributed by atoms with Crippen LogP contribution >= 0.6 is 0 Å². The maximum Gasteiger partial charge on any atom is 0.225 e. The molecule has 2 aromatic rings. The molecule has 2 fully saturated rings. The number of rotatable bonds is 3. The van der Waals surface area contributed by atoms with Gasteiger partial charge in [0.05, 0.1) is 19.3 Å². The molecule has 4 rings (SSSR count). The maximum atomic E-state index is 9.13. The van der Waals surface area contributed by atoms with Gasteiger partial charge in [-0.15, -0.1) is 0 Å². The number of β-amino-alcohol motifs (C(OH)–C–C–N with tert-alkyl or cyclic N) is 1. The van der Waals surface area contributed by atoms with Gasteiger partial charge in [-0.3, -0.25) is 0 Å². The smallest absolute Gasteiger partial charge is 0.225 e. The summed E-state index contributed by atoms with van der Waals surface area (Å²) in [5.41, 5.74) is 3.14. The van der Waals surface area contributed by atoms with E-state index in [1.54, 1.807) is 0 Å². The number of nitrogens with zero attached hydrogens (tertiary/aromatic N) is 6. The molecule has 0 spiro atoms. The average Bonchev–Trinajstić information content (AvgIpc) is 2.73. The summed E-state index contributed by atoms with van der Waals surface area (Å²) in [5, 5.41) is 9.13. The summed E-state index contributed by atoms with van der Waals surface area (Å²) in [6.45, 7) is 18.9. The van der Waals surface area contributed by atoms with Crippen molar-refractivity contribution in [2.45, 2.75) is 60.5 Å². The predicted molar refractivity (Wildman–Crippen MR) is 125 cm³/mol. The Kier molecular flexibility index (Phi) is 9.58. The van der Waals surface area contributed by atoms with Gasteiger partial charge in [-0.1, -0.05) is 27.7 Å². The minimum Gasteiger partial charge on any atom is -0.389 e. The number of morpholine rings is 1. The molecule has 172 valence electrons. The first-order valence-electron chi connectivity index (χ1n) is 11.3. The second-order valence-electron chi connectivity index (χ2n) is 7.96. The molecule has 0 saturated carbocycles. The van der Waals surface area contributed by atoms with Gasteiger partial charge in [0.1, 0.15) is 11.6 Å².